The van der Waals surface area contributed by atoms with E-state index >= 15 is 0 Å². The van der Waals surface area contributed by atoms with Crippen LogP contribution in [0.4, 0.5) is 18.9 Å². The van der Waals surface area contributed by atoms with E-state index in [-0.39, 0.29) is 36.1 Å². The molecular formula is C24H18F3N3O2. The Morgan fingerprint density at radius 3 is 2.25 bits per heavy atom. The van der Waals surface area contributed by atoms with E-state index < -0.39 is 11.7 Å². The van der Waals surface area contributed by atoms with Gasteiger partial charge in [0, 0.05) is 24.1 Å². The van der Waals surface area contributed by atoms with Gasteiger partial charge in [0.05, 0.1) is 5.56 Å². The molecule has 0 unspecified atom stereocenters. The number of amides is 1. The second-order valence-electron chi connectivity index (χ2n) is 7.07. The van der Waals surface area contributed by atoms with Gasteiger partial charge in [-0.3, -0.25) is 4.79 Å². The molecule has 1 amide bonds. The third-order valence-electron chi connectivity index (χ3n) is 4.75. The van der Waals surface area contributed by atoms with Gasteiger partial charge in [-0.2, -0.15) is 13.2 Å². The second kappa shape index (κ2) is 9.05. The average molecular weight is 437 g/mol. The first-order chi connectivity index (χ1) is 15.4. The third kappa shape index (κ3) is 5.21. The van der Waals surface area contributed by atoms with Crippen LogP contribution in [0.1, 0.15) is 17.9 Å². The number of nitrogens with zero attached hydrogens (tertiary/aromatic N) is 2. The summed E-state index contributed by atoms with van der Waals surface area (Å²) < 4.78 is 44.1. The zero-order valence-electron chi connectivity index (χ0n) is 16.8. The highest BCUT2D eigenvalue weighted by Crippen LogP contribution is 2.31. The number of carbonyl (C=O) groups is 1. The van der Waals surface area contributed by atoms with Gasteiger partial charge < -0.3 is 9.73 Å². The van der Waals surface area contributed by atoms with E-state index in [1.54, 1.807) is 0 Å². The summed E-state index contributed by atoms with van der Waals surface area (Å²) in [7, 11) is 0. The van der Waals surface area contributed by atoms with Crippen LogP contribution in [0.15, 0.2) is 83.3 Å². The Morgan fingerprint density at radius 2 is 1.53 bits per heavy atom. The fourth-order valence-corrected chi connectivity index (χ4v) is 3.12. The number of halogens is 3. The van der Waals surface area contributed by atoms with E-state index in [0.29, 0.717) is 5.69 Å². The molecular weight excluding hydrogens is 419 g/mol. The van der Waals surface area contributed by atoms with Gasteiger partial charge in [0.2, 0.25) is 17.7 Å². The van der Waals surface area contributed by atoms with Crippen LogP contribution in [0.25, 0.3) is 22.6 Å². The van der Waals surface area contributed by atoms with Crippen molar-refractivity contribution < 1.29 is 22.4 Å². The topological polar surface area (TPSA) is 68.0 Å². The zero-order valence-corrected chi connectivity index (χ0v) is 16.8. The maximum Gasteiger partial charge on any atom is 0.416 e. The minimum absolute atomic E-state index is 0.0250. The molecule has 1 aromatic heterocycles. The number of carbonyl (C=O) groups excluding carboxylic acids is 1. The Bertz CT molecular complexity index is 1200. The highest BCUT2D eigenvalue weighted by Gasteiger charge is 2.30. The van der Waals surface area contributed by atoms with Crippen LogP contribution in [0.3, 0.4) is 0 Å². The molecule has 0 bridgehead atoms. The van der Waals surface area contributed by atoms with Gasteiger partial charge in [-0.25, -0.2) is 0 Å². The van der Waals surface area contributed by atoms with Gasteiger partial charge in [0.25, 0.3) is 0 Å². The van der Waals surface area contributed by atoms with Crippen LogP contribution in [0.5, 0.6) is 0 Å². The molecule has 5 nitrogen and oxygen atoms in total. The van der Waals surface area contributed by atoms with E-state index in [0.717, 1.165) is 23.3 Å². The number of alkyl halides is 3. The molecule has 32 heavy (non-hydrogen) atoms. The molecule has 8 heteroatoms. The van der Waals surface area contributed by atoms with Crippen molar-refractivity contribution in [2.75, 3.05) is 5.32 Å². The van der Waals surface area contributed by atoms with E-state index in [1.165, 1.54) is 12.1 Å². The molecule has 0 aliphatic carbocycles. The molecule has 4 aromatic rings. The van der Waals surface area contributed by atoms with Crippen LogP contribution >= 0.6 is 0 Å². The lowest BCUT2D eigenvalue weighted by Gasteiger charge is -2.07. The van der Waals surface area contributed by atoms with Crippen molar-refractivity contribution in [2.45, 2.75) is 19.0 Å². The molecule has 0 spiro atoms. The molecule has 0 fully saturated rings. The largest absolute Gasteiger partial charge is 0.421 e. The second-order valence-corrected chi connectivity index (χ2v) is 7.07. The highest BCUT2D eigenvalue weighted by atomic mass is 19.4. The van der Waals surface area contributed by atoms with E-state index in [9.17, 15) is 18.0 Å². The zero-order chi connectivity index (χ0) is 22.6. The van der Waals surface area contributed by atoms with Crippen molar-refractivity contribution in [1.29, 1.82) is 0 Å². The first-order valence-corrected chi connectivity index (χ1v) is 9.84. The lowest BCUT2D eigenvalue weighted by Crippen LogP contribution is -2.12. The quantitative estimate of drug-likeness (QED) is 0.402. The summed E-state index contributed by atoms with van der Waals surface area (Å²) >= 11 is 0. The normalized spacial score (nSPS) is 11.3. The van der Waals surface area contributed by atoms with Crippen molar-refractivity contribution in [3.05, 3.63) is 90.3 Å². The van der Waals surface area contributed by atoms with E-state index in [2.05, 4.69) is 15.5 Å². The minimum atomic E-state index is -4.46. The molecule has 1 N–H and O–H groups in total. The Labute approximate surface area is 181 Å². The standard InChI is InChI=1S/C24H18F3N3O2/c25-24(26,27)19-8-4-7-18(15-19)23-30-29-22(32-23)14-13-21(31)28-20-11-9-17(10-12-20)16-5-2-1-3-6-16/h1-12,15H,13-14H2,(H,28,31). The summed E-state index contributed by atoms with van der Waals surface area (Å²) in [6, 6.07) is 22.0. The van der Waals surface area contributed by atoms with Crippen molar-refractivity contribution in [2.24, 2.45) is 0 Å². The number of rotatable bonds is 6. The van der Waals surface area contributed by atoms with Crippen molar-refractivity contribution >= 4 is 11.6 Å². The lowest BCUT2D eigenvalue weighted by molar-refractivity contribution is -0.137. The van der Waals surface area contributed by atoms with Crippen LogP contribution in [0, 0.1) is 0 Å². The van der Waals surface area contributed by atoms with Crippen LogP contribution in [-0.2, 0) is 17.4 Å². The Hall–Kier alpha value is -3.94. The number of aryl methyl sites for hydroxylation is 1. The molecule has 1 heterocycles. The van der Waals surface area contributed by atoms with Gasteiger partial charge in [0.15, 0.2) is 0 Å². The smallest absolute Gasteiger partial charge is 0.416 e. The van der Waals surface area contributed by atoms with Crippen LogP contribution in [0.2, 0.25) is 0 Å². The number of aromatic nitrogens is 2. The van der Waals surface area contributed by atoms with E-state index in [1.807, 2.05) is 54.6 Å². The SMILES string of the molecule is O=C(CCc1nnc(-c2cccc(C(F)(F)F)c2)o1)Nc1ccc(-c2ccccc2)cc1. The number of hydrogen-bond donors (Lipinski definition) is 1. The molecule has 4 rings (SSSR count). The van der Waals surface area contributed by atoms with Gasteiger partial charge in [-0.05, 0) is 41.5 Å². The fraction of sp³-hybridized carbons (Fsp3) is 0.125. The summed E-state index contributed by atoms with van der Waals surface area (Å²) in [5.74, 6) is -0.0914. The first-order valence-electron chi connectivity index (χ1n) is 9.84. The van der Waals surface area contributed by atoms with Crippen molar-refractivity contribution in [3.8, 4) is 22.6 Å². The average Bonchev–Trinajstić information content (AvgIpc) is 3.28. The van der Waals surface area contributed by atoms with Crippen LogP contribution < -0.4 is 5.32 Å². The number of nitrogens with one attached hydrogen (secondary N) is 1. The van der Waals surface area contributed by atoms with Crippen LogP contribution in [-0.4, -0.2) is 16.1 Å². The summed E-state index contributed by atoms with van der Waals surface area (Å²) in [4.78, 5) is 12.2. The summed E-state index contributed by atoms with van der Waals surface area (Å²) in [6.07, 6.45) is -4.21. The monoisotopic (exact) mass is 437 g/mol. The molecule has 3 aromatic carbocycles. The lowest BCUT2D eigenvalue weighted by atomic mass is 10.1. The molecule has 0 saturated heterocycles. The van der Waals surface area contributed by atoms with Gasteiger partial charge >= 0.3 is 6.18 Å². The molecule has 0 atom stereocenters. The predicted octanol–water partition coefficient (Wildman–Crippen LogP) is 5.99. The molecule has 0 radical (unpaired) electrons. The molecule has 0 aliphatic rings. The Kier molecular flexibility index (Phi) is 6.02. The minimum Gasteiger partial charge on any atom is -0.421 e. The van der Waals surface area contributed by atoms with E-state index in [4.69, 9.17) is 4.42 Å². The number of benzene rings is 3. The summed E-state index contributed by atoms with van der Waals surface area (Å²) in [5.41, 5.74) is 2.15. The van der Waals surface area contributed by atoms with Crippen molar-refractivity contribution in [1.82, 2.24) is 10.2 Å². The highest BCUT2D eigenvalue weighted by molar-refractivity contribution is 5.91. The first kappa shape index (κ1) is 21.3. The Balaban J connectivity index is 1.34. The van der Waals surface area contributed by atoms with Gasteiger partial charge in [-0.15, -0.1) is 10.2 Å². The predicted molar refractivity (Wildman–Crippen MR) is 114 cm³/mol. The maximum atomic E-state index is 12.9. The molecule has 162 valence electrons. The molecule has 0 aliphatic heterocycles. The number of hydrogen-bond acceptors (Lipinski definition) is 4. The maximum absolute atomic E-state index is 12.9. The third-order valence-corrected chi connectivity index (χ3v) is 4.75. The van der Waals surface area contributed by atoms with Gasteiger partial charge in [0.1, 0.15) is 0 Å². The summed E-state index contributed by atoms with van der Waals surface area (Å²) in [5, 5.41) is 10.4. The number of anilines is 1. The van der Waals surface area contributed by atoms with Gasteiger partial charge in [-0.1, -0.05) is 48.5 Å². The Morgan fingerprint density at radius 1 is 0.844 bits per heavy atom. The molecule has 0 saturated carbocycles. The summed E-state index contributed by atoms with van der Waals surface area (Å²) in [6.45, 7) is 0. The van der Waals surface area contributed by atoms with Crippen molar-refractivity contribution in [3.63, 3.8) is 0 Å². The fourth-order valence-electron chi connectivity index (χ4n) is 3.12.